The number of nitrogens with one attached hydrogen (secondary N) is 2. The van der Waals surface area contributed by atoms with Gasteiger partial charge in [0.25, 0.3) is 0 Å². The number of carboxylic acids is 1. The maximum atomic E-state index is 11.7. The number of hydrogen-bond acceptors (Lipinski definition) is 4. The average Bonchev–Trinajstić information content (AvgIpc) is 2.35. The zero-order valence-corrected chi connectivity index (χ0v) is 12.2. The van der Waals surface area contributed by atoms with Gasteiger partial charge in [0.1, 0.15) is 0 Å². The molecular formula is C12H20F3N3O4. The second-order valence-corrected chi connectivity index (χ2v) is 4.97. The number of carbonyl (C=O) groups is 2. The molecule has 1 fully saturated rings. The van der Waals surface area contributed by atoms with Crippen molar-refractivity contribution in [2.75, 3.05) is 26.2 Å². The predicted molar refractivity (Wildman–Crippen MR) is 70.2 cm³/mol. The molecule has 0 heterocycles. The summed E-state index contributed by atoms with van der Waals surface area (Å²) in [6.45, 7) is 1.52. The highest BCUT2D eigenvalue weighted by Crippen LogP contribution is 2.25. The lowest BCUT2D eigenvalue weighted by Gasteiger charge is -2.42. The van der Waals surface area contributed by atoms with Crippen LogP contribution in [0.1, 0.15) is 19.8 Å². The maximum Gasteiger partial charge on any atom is 0.522 e. The normalized spacial score (nSPS) is 21.3. The van der Waals surface area contributed by atoms with Crippen LogP contribution in [0.25, 0.3) is 0 Å². The SMILES string of the molecule is CCN(CC(=O)O)C1CC(NC(=O)NCCOC(F)(F)F)C1. The van der Waals surface area contributed by atoms with E-state index in [9.17, 15) is 22.8 Å². The van der Waals surface area contributed by atoms with Crippen molar-refractivity contribution >= 4 is 12.0 Å². The number of hydrogen-bond donors (Lipinski definition) is 3. The predicted octanol–water partition coefficient (Wildman–Crippen LogP) is 0.759. The Morgan fingerprint density at radius 3 is 2.50 bits per heavy atom. The van der Waals surface area contributed by atoms with E-state index < -0.39 is 25.0 Å². The zero-order valence-electron chi connectivity index (χ0n) is 12.2. The first kappa shape index (κ1) is 18.5. The molecule has 0 unspecified atom stereocenters. The molecule has 1 rings (SSSR count). The van der Waals surface area contributed by atoms with E-state index in [2.05, 4.69) is 15.4 Å². The minimum Gasteiger partial charge on any atom is -0.480 e. The molecule has 22 heavy (non-hydrogen) atoms. The molecule has 1 aliphatic rings. The number of nitrogens with zero attached hydrogens (tertiary/aromatic N) is 1. The molecule has 0 bridgehead atoms. The second kappa shape index (κ2) is 8.18. The Kier molecular flexibility index (Phi) is 6.88. The van der Waals surface area contributed by atoms with Crippen LogP contribution in [-0.2, 0) is 9.53 Å². The molecule has 0 spiro atoms. The van der Waals surface area contributed by atoms with Crippen molar-refractivity contribution in [1.29, 1.82) is 0 Å². The van der Waals surface area contributed by atoms with Gasteiger partial charge in [0.15, 0.2) is 0 Å². The van der Waals surface area contributed by atoms with Crippen LogP contribution in [0.15, 0.2) is 0 Å². The average molecular weight is 327 g/mol. The highest BCUT2D eigenvalue weighted by atomic mass is 19.4. The number of alkyl halides is 3. The summed E-state index contributed by atoms with van der Waals surface area (Å²) in [5.41, 5.74) is 0. The Bertz CT molecular complexity index is 386. The smallest absolute Gasteiger partial charge is 0.480 e. The van der Waals surface area contributed by atoms with Crippen LogP contribution < -0.4 is 10.6 Å². The first-order chi connectivity index (χ1) is 10.2. The summed E-state index contributed by atoms with van der Waals surface area (Å²) in [5.74, 6) is -0.902. The van der Waals surface area contributed by atoms with Gasteiger partial charge in [-0.2, -0.15) is 0 Å². The van der Waals surface area contributed by atoms with Crippen molar-refractivity contribution in [3.05, 3.63) is 0 Å². The monoisotopic (exact) mass is 327 g/mol. The standard InChI is InChI=1S/C12H20F3N3O4/c1-2-18(7-10(19)20)9-5-8(6-9)17-11(21)16-3-4-22-12(13,14)15/h8-9H,2-7H2,1H3,(H,19,20)(H2,16,17,21). The minimum absolute atomic E-state index is 0.0468. The Morgan fingerprint density at radius 1 is 1.36 bits per heavy atom. The van der Waals surface area contributed by atoms with Crippen LogP contribution in [0.4, 0.5) is 18.0 Å². The molecule has 2 amide bonds. The van der Waals surface area contributed by atoms with Crippen LogP contribution in [0, 0.1) is 0 Å². The van der Waals surface area contributed by atoms with Crippen molar-refractivity contribution in [2.45, 2.75) is 38.2 Å². The van der Waals surface area contributed by atoms with E-state index in [0.29, 0.717) is 19.4 Å². The van der Waals surface area contributed by atoms with Crippen LogP contribution in [-0.4, -0.2) is 66.7 Å². The number of aliphatic carboxylic acids is 1. The number of carbonyl (C=O) groups excluding carboxylic acids is 1. The lowest BCUT2D eigenvalue weighted by Crippen LogP contribution is -2.56. The van der Waals surface area contributed by atoms with E-state index in [1.54, 1.807) is 4.90 Å². The largest absolute Gasteiger partial charge is 0.522 e. The molecular weight excluding hydrogens is 307 g/mol. The molecule has 1 aliphatic carbocycles. The molecule has 0 atom stereocenters. The van der Waals surface area contributed by atoms with Gasteiger partial charge in [0.05, 0.1) is 13.2 Å². The molecule has 128 valence electrons. The van der Waals surface area contributed by atoms with E-state index in [1.807, 2.05) is 6.92 Å². The van der Waals surface area contributed by atoms with Gasteiger partial charge in [0, 0.05) is 18.6 Å². The van der Waals surface area contributed by atoms with E-state index in [1.165, 1.54) is 0 Å². The Morgan fingerprint density at radius 2 is 2.00 bits per heavy atom. The highest BCUT2D eigenvalue weighted by Gasteiger charge is 2.34. The van der Waals surface area contributed by atoms with E-state index in [-0.39, 0.29) is 25.2 Å². The first-order valence-corrected chi connectivity index (χ1v) is 6.92. The van der Waals surface area contributed by atoms with Crippen molar-refractivity contribution in [1.82, 2.24) is 15.5 Å². The second-order valence-electron chi connectivity index (χ2n) is 4.97. The van der Waals surface area contributed by atoms with Gasteiger partial charge in [-0.15, -0.1) is 13.2 Å². The number of halogens is 3. The summed E-state index contributed by atoms with van der Waals surface area (Å²) < 4.78 is 38.6. The van der Waals surface area contributed by atoms with E-state index >= 15 is 0 Å². The summed E-state index contributed by atoms with van der Waals surface area (Å²) in [6, 6.07) is -0.563. The van der Waals surface area contributed by atoms with Crippen LogP contribution >= 0.6 is 0 Å². The molecule has 0 aromatic rings. The van der Waals surface area contributed by atoms with Gasteiger partial charge >= 0.3 is 18.4 Å². The summed E-state index contributed by atoms with van der Waals surface area (Å²) >= 11 is 0. The number of likely N-dealkylation sites (N-methyl/N-ethyl adjacent to an activating group) is 1. The third kappa shape index (κ3) is 6.94. The maximum absolute atomic E-state index is 11.7. The van der Waals surface area contributed by atoms with Crippen molar-refractivity contribution < 1.29 is 32.6 Å². The van der Waals surface area contributed by atoms with Gasteiger partial charge in [-0.05, 0) is 19.4 Å². The lowest BCUT2D eigenvalue weighted by molar-refractivity contribution is -0.323. The van der Waals surface area contributed by atoms with E-state index in [4.69, 9.17) is 5.11 Å². The molecule has 7 nitrogen and oxygen atoms in total. The highest BCUT2D eigenvalue weighted by molar-refractivity contribution is 5.74. The molecule has 10 heteroatoms. The molecule has 0 aliphatic heterocycles. The quantitative estimate of drug-likeness (QED) is 0.573. The van der Waals surface area contributed by atoms with Crippen LogP contribution in [0.5, 0.6) is 0 Å². The molecule has 0 aromatic carbocycles. The summed E-state index contributed by atoms with van der Waals surface area (Å²) in [4.78, 5) is 23.9. The first-order valence-electron chi connectivity index (χ1n) is 6.92. The van der Waals surface area contributed by atoms with Crippen molar-refractivity contribution in [3.63, 3.8) is 0 Å². The fourth-order valence-corrected chi connectivity index (χ4v) is 2.24. The van der Waals surface area contributed by atoms with Gasteiger partial charge in [0.2, 0.25) is 0 Å². The van der Waals surface area contributed by atoms with E-state index in [0.717, 1.165) is 0 Å². The Balaban J connectivity index is 2.14. The summed E-state index contributed by atoms with van der Waals surface area (Å²) in [5, 5.41) is 13.6. The molecule has 0 radical (unpaired) electrons. The minimum atomic E-state index is -4.70. The Labute approximate surface area is 125 Å². The van der Waals surface area contributed by atoms with Crippen molar-refractivity contribution in [3.8, 4) is 0 Å². The third-order valence-electron chi connectivity index (χ3n) is 3.36. The molecule has 3 N–H and O–H groups in total. The van der Waals surface area contributed by atoms with Crippen LogP contribution in [0.3, 0.4) is 0 Å². The van der Waals surface area contributed by atoms with Crippen molar-refractivity contribution in [2.24, 2.45) is 0 Å². The van der Waals surface area contributed by atoms with Crippen LogP contribution in [0.2, 0.25) is 0 Å². The topological polar surface area (TPSA) is 90.9 Å². The molecule has 1 saturated carbocycles. The summed E-state index contributed by atoms with van der Waals surface area (Å²) in [6.07, 6.45) is -3.46. The summed E-state index contributed by atoms with van der Waals surface area (Å²) in [7, 11) is 0. The number of ether oxygens (including phenoxy) is 1. The van der Waals surface area contributed by atoms with Gasteiger partial charge in [-0.3, -0.25) is 14.4 Å². The third-order valence-corrected chi connectivity index (χ3v) is 3.36. The zero-order chi connectivity index (χ0) is 16.8. The van der Waals surface area contributed by atoms with Gasteiger partial charge in [-0.1, -0.05) is 6.92 Å². The lowest BCUT2D eigenvalue weighted by atomic mass is 9.85. The Hall–Kier alpha value is -1.55. The van der Waals surface area contributed by atoms with Gasteiger partial charge < -0.3 is 15.7 Å². The number of carboxylic acid groups (broad SMARTS) is 1. The number of urea groups is 1. The fourth-order valence-electron chi connectivity index (χ4n) is 2.24. The van der Waals surface area contributed by atoms with Gasteiger partial charge in [-0.25, -0.2) is 4.79 Å². The fraction of sp³-hybridized carbons (Fsp3) is 0.833. The molecule has 0 saturated heterocycles. The number of amides is 2. The molecule has 0 aromatic heterocycles. The number of rotatable bonds is 8.